The first-order valence-electron chi connectivity index (χ1n) is 8.08. The van der Waals surface area contributed by atoms with E-state index in [1.807, 2.05) is 67.8 Å². The van der Waals surface area contributed by atoms with Crippen molar-refractivity contribution in [1.29, 1.82) is 0 Å². The molecule has 0 radical (unpaired) electrons. The van der Waals surface area contributed by atoms with Crippen molar-refractivity contribution in [2.24, 2.45) is 0 Å². The second-order valence-corrected chi connectivity index (χ2v) is 6.93. The van der Waals surface area contributed by atoms with Gasteiger partial charge in [-0.1, -0.05) is 30.3 Å². The van der Waals surface area contributed by atoms with Crippen LogP contribution >= 0.6 is 11.3 Å². The highest BCUT2D eigenvalue weighted by molar-refractivity contribution is 7.09. The van der Waals surface area contributed by atoms with Gasteiger partial charge in [0.1, 0.15) is 5.75 Å². The van der Waals surface area contributed by atoms with Crippen LogP contribution in [0.2, 0.25) is 0 Å². The summed E-state index contributed by atoms with van der Waals surface area (Å²) in [5, 5.41) is 5.94. The third-order valence-corrected chi connectivity index (χ3v) is 4.53. The summed E-state index contributed by atoms with van der Waals surface area (Å²) < 4.78 is 5.75. The maximum Gasteiger partial charge on any atom is 0.265 e. The average molecular weight is 352 g/mol. The van der Waals surface area contributed by atoms with Crippen LogP contribution in [0.5, 0.6) is 5.75 Å². The van der Waals surface area contributed by atoms with Crippen LogP contribution in [0, 0.1) is 13.8 Å². The van der Waals surface area contributed by atoms with E-state index >= 15 is 0 Å². The topological polar surface area (TPSA) is 51.2 Å². The maximum atomic E-state index is 12.5. The number of para-hydroxylation sites is 1. The summed E-state index contributed by atoms with van der Waals surface area (Å²) in [6.07, 6.45) is -0.605. The summed E-state index contributed by atoms with van der Waals surface area (Å²) in [5.41, 5.74) is 3.60. The molecule has 3 rings (SSSR count). The second kappa shape index (κ2) is 7.49. The summed E-state index contributed by atoms with van der Waals surface area (Å²) in [6.45, 7) is 5.70. The highest BCUT2D eigenvalue weighted by Gasteiger charge is 2.17. The fourth-order valence-corrected chi connectivity index (χ4v) is 3.10. The highest BCUT2D eigenvalue weighted by atomic mass is 32.1. The zero-order valence-corrected chi connectivity index (χ0v) is 15.3. The van der Waals surface area contributed by atoms with Gasteiger partial charge in [0.2, 0.25) is 0 Å². The van der Waals surface area contributed by atoms with Crippen molar-refractivity contribution in [2.75, 3.05) is 5.32 Å². The first-order valence-corrected chi connectivity index (χ1v) is 8.96. The highest BCUT2D eigenvalue weighted by Crippen LogP contribution is 2.29. The molecule has 3 aromatic rings. The van der Waals surface area contributed by atoms with Crippen molar-refractivity contribution < 1.29 is 9.53 Å². The molecule has 2 aromatic carbocycles. The molecule has 0 spiro atoms. The molecule has 1 atom stereocenters. The molecule has 1 amide bonds. The molecule has 0 bridgehead atoms. The van der Waals surface area contributed by atoms with Crippen LogP contribution in [-0.4, -0.2) is 17.0 Å². The van der Waals surface area contributed by atoms with E-state index in [4.69, 9.17) is 4.74 Å². The first-order chi connectivity index (χ1) is 12.0. The molecule has 0 aliphatic carbocycles. The predicted octanol–water partition coefficient (Wildman–Crippen LogP) is 4.83. The van der Waals surface area contributed by atoms with Gasteiger partial charge in [-0.25, -0.2) is 4.98 Å². The van der Waals surface area contributed by atoms with Crippen molar-refractivity contribution in [3.05, 3.63) is 64.5 Å². The van der Waals surface area contributed by atoms with Crippen LogP contribution in [0.1, 0.15) is 17.5 Å². The zero-order chi connectivity index (χ0) is 17.8. The number of carbonyl (C=O) groups is 1. The van der Waals surface area contributed by atoms with E-state index in [0.717, 1.165) is 27.5 Å². The van der Waals surface area contributed by atoms with Crippen molar-refractivity contribution in [2.45, 2.75) is 26.9 Å². The van der Waals surface area contributed by atoms with E-state index in [1.165, 1.54) is 0 Å². The van der Waals surface area contributed by atoms with Gasteiger partial charge in [-0.05, 0) is 44.5 Å². The van der Waals surface area contributed by atoms with Gasteiger partial charge in [-0.3, -0.25) is 4.79 Å². The van der Waals surface area contributed by atoms with Crippen LogP contribution < -0.4 is 10.1 Å². The van der Waals surface area contributed by atoms with E-state index in [1.54, 1.807) is 18.3 Å². The fraction of sp³-hybridized carbons (Fsp3) is 0.200. The summed E-state index contributed by atoms with van der Waals surface area (Å²) in [6, 6.07) is 15.3. The molecular formula is C20H20N2O2S. The van der Waals surface area contributed by atoms with Gasteiger partial charge in [-0.2, -0.15) is 0 Å². The number of aromatic nitrogens is 1. The number of benzene rings is 2. The molecule has 4 nitrogen and oxygen atoms in total. The van der Waals surface area contributed by atoms with Crippen LogP contribution in [-0.2, 0) is 4.79 Å². The molecule has 0 aliphatic heterocycles. The molecule has 1 unspecified atom stereocenters. The molecular weight excluding hydrogens is 332 g/mol. The number of carbonyl (C=O) groups excluding carboxylic acids is 1. The monoisotopic (exact) mass is 352 g/mol. The summed E-state index contributed by atoms with van der Waals surface area (Å²) in [4.78, 5) is 17.0. The Hall–Kier alpha value is -2.66. The van der Waals surface area contributed by atoms with Crippen molar-refractivity contribution in [1.82, 2.24) is 4.98 Å². The summed E-state index contributed by atoms with van der Waals surface area (Å²) in [7, 11) is 0. The molecule has 0 fully saturated rings. The Labute approximate surface area is 151 Å². The van der Waals surface area contributed by atoms with Gasteiger partial charge in [0.05, 0.1) is 16.4 Å². The lowest BCUT2D eigenvalue weighted by molar-refractivity contribution is -0.122. The molecule has 1 heterocycles. The van der Waals surface area contributed by atoms with E-state index in [9.17, 15) is 4.79 Å². The lowest BCUT2D eigenvalue weighted by Crippen LogP contribution is -2.30. The molecule has 0 saturated heterocycles. The van der Waals surface area contributed by atoms with E-state index in [2.05, 4.69) is 10.3 Å². The molecule has 25 heavy (non-hydrogen) atoms. The molecule has 128 valence electrons. The molecule has 1 aromatic heterocycles. The lowest BCUT2D eigenvalue weighted by Gasteiger charge is -2.16. The maximum absolute atomic E-state index is 12.5. The number of nitrogens with one attached hydrogen (secondary N) is 1. The number of nitrogens with zero attached hydrogens (tertiary/aromatic N) is 1. The third kappa shape index (κ3) is 4.25. The van der Waals surface area contributed by atoms with Gasteiger partial charge in [0.15, 0.2) is 6.10 Å². The molecule has 0 saturated carbocycles. The quantitative estimate of drug-likeness (QED) is 0.715. The van der Waals surface area contributed by atoms with Gasteiger partial charge < -0.3 is 10.1 Å². The van der Waals surface area contributed by atoms with Gasteiger partial charge >= 0.3 is 0 Å². The van der Waals surface area contributed by atoms with Gasteiger partial charge in [0, 0.05) is 10.9 Å². The van der Waals surface area contributed by atoms with Crippen LogP contribution in [0.15, 0.2) is 53.9 Å². The minimum atomic E-state index is -0.605. The number of thiazole rings is 1. The lowest BCUT2D eigenvalue weighted by atomic mass is 10.1. The Morgan fingerprint density at radius 1 is 1.16 bits per heavy atom. The van der Waals surface area contributed by atoms with Crippen LogP contribution in [0.25, 0.3) is 11.3 Å². The number of rotatable bonds is 5. The number of aryl methyl sites for hydroxylation is 2. The fourth-order valence-electron chi connectivity index (χ4n) is 2.48. The standard InChI is InChI=1S/C20H20N2O2S/c1-13-7-6-8-16(11-13)24-14(2)20(23)22-18-10-5-4-9-17(18)19-12-25-15(3)21-19/h4-12,14H,1-3H3,(H,22,23). The first kappa shape index (κ1) is 17.2. The smallest absolute Gasteiger partial charge is 0.265 e. The van der Waals surface area contributed by atoms with E-state index in [-0.39, 0.29) is 5.91 Å². The van der Waals surface area contributed by atoms with Crippen molar-refractivity contribution in [3.63, 3.8) is 0 Å². The number of anilines is 1. The Balaban J connectivity index is 1.75. The van der Waals surface area contributed by atoms with Gasteiger partial charge in [-0.15, -0.1) is 11.3 Å². The predicted molar refractivity (Wildman–Crippen MR) is 102 cm³/mol. The average Bonchev–Trinajstić information content (AvgIpc) is 3.01. The van der Waals surface area contributed by atoms with Crippen LogP contribution in [0.3, 0.4) is 0 Å². The number of hydrogen-bond donors (Lipinski definition) is 1. The van der Waals surface area contributed by atoms with Crippen LogP contribution in [0.4, 0.5) is 5.69 Å². The number of amides is 1. The van der Waals surface area contributed by atoms with Gasteiger partial charge in [0.25, 0.3) is 5.91 Å². The summed E-state index contributed by atoms with van der Waals surface area (Å²) in [5.74, 6) is 0.493. The minimum Gasteiger partial charge on any atom is -0.481 e. The SMILES string of the molecule is Cc1cccc(OC(C)C(=O)Nc2ccccc2-c2csc(C)n2)c1. The Morgan fingerprint density at radius 2 is 1.96 bits per heavy atom. The van der Waals surface area contributed by atoms with Crippen molar-refractivity contribution in [3.8, 4) is 17.0 Å². The van der Waals surface area contributed by atoms with E-state index < -0.39 is 6.10 Å². The Kier molecular flexibility index (Phi) is 5.14. The minimum absolute atomic E-state index is 0.194. The zero-order valence-electron chi connectivity index (χ0n) is 14.4. The van der Waals surface area contributed by atoms with E-state index in [0.29, 0.717) is 5.75 Å². The Morgan fingerprint density at radius 3 is 2.68 bits per heavy atom. The molecule has 0 aliphatic rings. The van der Waals surface area contributed by atoms with Crippen molar-refractivity contribution >= 4 is 22.9 Å². The number of hydrogen-bond acceptors (Lipinski definition) is 4. The molecule has 5 heteroatoms. The molecule has 1 N–H and O–H groups in total. The third-order valence-electron chi connectivity index (χ3n) is 3.75. The summed E-state index contributed by atoms with van der Waals surface area (Å²) >= 11 is 1.59. The largest absolute Gasteiger partial charge is 0.481 e. The number of ether oxygens (including phenoxy) is 1. The Bertz CT molecular complexity index is 889. The normalized spacial score (nSPS) is 11.8. The second-order valence-electron chi connectivity index (χ2n) is 5.86.